The highest BCUT2D eigenvalue weighted by molar-refractivity contribution is 7.97. The van der Waals surface area contributed by atoms with Crippen LogP contribution in [0.5, 0.6) is 0 Å². The van der Waals surface area contributed by atoms with Crippen molar-refractivity contribution in [3.8, 4) is 0 Å². The number of fused-ring (bicyclic) bond motifs is 1. The molecule has 0 radical (unpaired) electrons. The molecule has 1 unspecified atom stereocenters. The Morgan fingerprint density at radius 1 is 1.07 bits per heavy atom. The van der Waals surface area contributed by atoms with Gasteiger partial charge in [-0.3, -0.25) is 4.79 Å². The van der Waals surface area contributed by atoms with Crippen LogP contribution in [-0.4, -0.2) is 34.2 Å². The Morgan fingerprint density at radius 3 is 2.50 bits per heavy atom. The van der Waals surface area contributed by atoms with Crippen LogP contribution >= 0.6 is 11.9 Å². The summed E-state index contributed by atoms with van der Waals surface area (Å²) in [4.78, 5) is 16.1. The van der Waals surface area contributed by atoms with E-state index < -0.39 is 0 Å². The molecule has 3 aliphatic rings. The van der Waals surface area contributed by atoms with Crippen LogP contribution in [0.2, 0.25) is 0 Å². The van der Waals surface area contributed by atoms with Crippen molar-refractivity contribution in [2.75, 3.05) is 13.1 Å². The fraction of sp³-hybridized carbons (Fsp3) is 0.500. The molecular weight excluding hydrogens is 388 g/mol. The summed E-state index contributed by atoms with van der Waals surface area (Å²) in [5, 5.41) is 0. The molecule has 2 aromatic carbocycles. The Hall–Kier alpha value is -1.78. The minimum absolute atomic E-state index is 0.143. The predicted molar refractivity (Wildman–Crippen MR) is 126 cm³/mol. The maximum Gasteiger partial charge on any atom is 0.254 e. The first-order valence-corrected chi connectivity index (χ1v) is 12.3. The standard InChI is InChI=1S/C24H28N2OS.C2H6/c1-18-15-24(11-5-12-24)17-26(18)28-22-9-8-19-10-13-25(16-21(19)14-22)23(27)20-6-3-2-4-7-20;1-2/h2-4,6-9,14,18H,5,10-13,15-17H2,1H3;1-2H3. The summed E-state index contributed by atoms with van der Waals surface area (Å²) in [5.41, 5.74) is 4.10. The lowest BCUT2D eigenvalue weighted by Gasteiger charge is -2.38. The van der Waals surface area contributed by atoms with Gasteiger partial charge in [-0.1, -0.05) is 44.5 Å². The quantitative estimate of drug-likeness (QED) is 0.552. The van der Waals surface area contributed by atoms with Crippen molar-refractivity contribution in [2.24, 2.45) is 5.41 Å². The summed E-state index contributed by atoms with van der Waals surface area (Å²) >= 11 is 1.92. The maximum atomic E-state index is 12.8. The highest BCUT2D eigenvalue weighted by Gasteiger charge is 2.46. The zero-order valence-electron chi connectivity index (χ0n) is 18.6. The largest absolute Gasteiger partial charge is 0.334 e. The van der Waals surface area contributed by atoms with Gasteiger partial charge >= 0.3 is 0 Å². The molecule has 1 spiro atoms. The average molecular weight is 423 g/mol. The van der Waals surface area contributed by atoms with Crippen LogP contribution in [-0.2, 0) is 13.0 Å². The Kier molecular flexibility index (Phi) is 6.54. The molecule has 2 aromatic rings. The lowest BCUT2D eigenvalue weighted by atomic mass is 9.68. The van der Waals surface area contributed by atoms with Crippen molar-refractivity contribution in [1.82, 2.24) is 9.21 Å². The molecular formula is C26H34N2OS. The third-order valence-corrected chi connectivity index (χ3v) is 8.03. The van der Waals surface area contributed by atoms with E-state index in [1.165, 1.54) is 48.3 Å². The molecule has 0 bridgehead atoms. The van der Waals surface area contributed by atoms with Crippen LogP contribution in [0.1, 0.15) is 67.9 Å². The smallest absolute Gasteiger partial charge is 0.254 e. The first kappa shape index (κ1) is 21.5. The summed E-state index contributed by atoms with van der Waals surface area (Å²) in [6.45, 7) is 9.13. The molecule has 0 aromatic heterocycles. The van der Waals surface area contributed by atoms with Gasteiger partial charge in [0.1, 0.15) is 0 Å². The van der Waals surface area contributed by atoms with E-state index in [9.17, 15) is 4.79 Å². The average Bonchev–Trinajstić information content (AvgIpc) is 3.11. The molecule has 2 fully saturated rings. The first-order chi connectivity index (χ1) is 14.6. The Bertz CT molecular complexity index is 878. The van der Waals surface area contributed by atoms with Gasteiger partial charge in [0.2, 0.25) is 0 Å². The van der Waals surface area contributed by atoms with Crippen molar-refractivity contribution in [2.45, 2.75) is 70.4 Å². The van der Waals surface area contributed by atoms with Crippen molar-refractivity contribution in [1.29, 1.82) is 0 Å². The summed E-state index contributed by atoms with van der Waals surface area (Å²) in [6.07, 6.45) is 6.53. The van der Waals surface area contributed by atoms with E-state index in [1.54, 1.807) is 0 Å². The SMILES string of the molecule is CC.CC1CC2(CCC2)CN1Sc1ccc2c(c1)CN(C(=O)c1ccccc1)CC2. The number of hydrogen-bond acceptors (Lipinski definition) is 3. The van der Waals surface area contributed by atoms with E-state index in [1.807, 2.05) is 61.0 Å². The second-order valence-corrected chi connectivity index (χ2v) is 9.97. The number of benzene rings is 2. The molecule has 1 amide bonds. The fourth-order valence-corrected chi connectivity index (χ4v) is 6.29. The van der Waals surface area contributed by atoms with Crippen molar-refractivity contribution < 1.29 is 4.79 Å². The molecule has 1 saturated heterocycles. The molecule has 1 saturated carbocycles. The Balaban J connectivity index is 0.00000106. The Morgan fingerprint density at radius 2 is 1.83 bits per heavy atom. The first-order valence-electron chi connectivity index (χ1n) is 11.5. The minimum atomic E-state index is 0.143. The van der Waals surface area contributed by atoms with Gasteiger partial charge in [0.15, 0.2) is 0 Å². The third kappa shape index (κ3) is 4.31. The van der Waals surface area contributed by atoms with E-state index in [4.69, 9.17) is 0 Å². The maximum absolute atomic E-state index is 12.8. The van der Waals surface area contributed by atoms with Crippen LogP contribution < -0.4 is 0 Å². The number of nitrogens with zero attached hydrogens (tertiary/aromatic N) is 2. The van der Waals surface area contributed by atoms with Crippen LogP contribution in [0.3, 0.4) is 0 Å². The van der Waals surface area contributed by atoms with Crippen LogP contribution in [0, 0.1) is 5.41 Å². The zero-order valence-corrected chi connectivity index (χ0v) is 19.4. The number of carbonyl (C=O) groups is 1. The summed E-state index contributed by atoms with van der Waals surface area (Å²) in [7, 11) is 0. The Labute approximate surface area is 186 Å². The number of rotatable bonds is 3. The third-order valence-electron chi connectivity index (χ3n) is 6.85. The molecule has 3 nitrogen and oxygen atoms in total. The van der Waals surface area contributed by atoms with Crippen molar-refractivity contribution >= 4 is 17.9 Å². The monoisotopic (exact) mass is 422 g/mol. The van der Waals surface area contributed by atoms with Crippen molar-refractivity contribution in [3.63, 3.8) is 0 Å². The van der Waals surface area contributed by atoms with Crippen LogP contribution in [0.25, 0.3) is 0 Å². The van der Waals surface area contributed by atoms with Gasteiger partial charge in [0.25, 0.3) is 5.91 Å². The predicted octanol–water partition coefficient (Wildman–Crippen LogP) is 6.18. The van der Waals surface area contributed by atoms with Gasteiger partial charge in [0, 0.05) is 36.1 Å². The second-order valence-electron chi connectivity index (χ2n) is 8.85. The van der Waals surface area contributed by atoms with Crippen molar-refractivity contribution in [3.05, 3.63) is 65.2 Å². The number of amides is 1. The molecule has 1 atom stereocenters. The van der Waals surface area contributed by atoms with E-state index in [0.717, 1.165) is 25.1 Å². The van der Waals surface area contributed by atoms with Crippen LogP contribution in [0.15, 0.2) is 53.4 Å². The minimum Gasteiger partial charge on any atom is -0.334 e. The number of hydrogen-bond donors (Lipinski definition) is 0. The summed E-state index contributed by atoms with van der Waals surface area (Å²) in [5.74, 6) is 0.143. The van der Waals surface area contributed by atoms with E-state index in [-0.39, 0.29) is 5.91 Å². The molecule has 5 rings (SSSR count). The van der Waals surface area contributed by atoms with Gasteiger partial charge < -0.3 is 4.90 Å². The van der Waals surface area contributed by atoms with E-state index in [0.29, 0.717) is 11.5 Å². The lowest BCUT2D eigenvalue weighted by molar-refractivity contribution is 0.0734. The zero-order chi connectivity index (χ0) is 21.1. The molecule has 160 valence electrons. The highest BCUT2D eigenvalue weighted by Crippen LogP contribution is 2.52. The molecule has 2 aliphatic heterocycles. The summed E-state index contributed by atoms with van der Waals surface area (Å²) < 4.78 is 2.59. The topological polar surface area (TPSA) is 23.6 Å². The molecule has 4 heteroatoms. The molecule has 30 heavy (non-hydrogen) atoms. The van der Waals surface area contributed by atoms with Gasteiger partial charge in [-0.25, -0.2) is 4.31 Å². The van der Waals surface area contributed by atoms with Gasteiger partial charge in [-0.05, 0) is 85.4 Å². The lowest BCUT2D eigenvalue weighted by Crippen LogP contribution is -2.36. The van der Waals surface area contributed by atoms with E-state index >= 15 is 0 Å². The van der Waals surface area contributed by atoms with Gasteiger partial charge in [-0.15, -0.1) is 0 Å². The second kappa shape index (κ2) is 9.15. The molecule has 2 heterocycles. The highest BCUT2D eigenvalue weighted by atomic mass is 32.2. The van der Waals surface area contributed by atoms with Crippen LogP contribution in [0.4, 0.5) is 0 Å². The molecule has 1 aliphatic carbocycles. The van der Waals surface area contributed by atoms with Gasteiger partial charge in [-0.2, -0.15) is 0 Å². The fourth-order valence-electron chi connectivity index (χ4n) is 5.10. The molecule has 0 N–H and O–H groups in total. The van der Waals surface area contributed by atoms with Gasteiger partial charge in [0.05, 0.1) is 0 Å². The summed E-state index contributed by atoms with van der Waals surface area (Å²) in [6, 6.07) is 17.2. The normalized spacial score (nSPS) is 22.1. The number of carbonyl (C=O) groups excluding carboxylic acids is 1. The van der Waals surface area contributed by atoms with E-state index in [2.05, 4.69) is 29.4 Å².